The first-order valence-corrected chi connectivity index (χ1v) is 7.08. The Labute approximate surface area is 102 Å². The van der Waals surface area contributed by atoms with Crippen LogP contribution in [0.25, 0.3) is 0 Å². The Morgan fingerprint density at radius 3 is 2.41 bits per heavy atom. The summed E-state index contributed by atoms with van der Waals surface area (Å²) in [4.78, 5) is 0. The SMILES string of the molecule is CCNCCS(=O)(=O)Nc1ccc(OC)cc1. The molecule has 1 aromatic carbocycles. The first kappa shape index (κ1) is 13.8. The highest BCUT2D eigenvalue weighted by Gasteiger charge is 2.09. The minimum atomic E-state index is -3.28. The third-order valence-corrected chi connectivity index (χ3v) is 3.45. The Morgan fingerprint density at radius 1 is 1.24 bits per heavy atom. The van der Waals surface area contributed by atoms with E-state index in [1.807, 2.05) is 6.92 Å². The van der Waals surface area contributed by atoms with Gasteiger partial charge in [0.05, 0.1) is 12.9 Å². The zero-order valence-corrected chi connectivity index (χ0v) is 10.9. The summed E-state index contributed by atoms with van der Waals surface area (Å²) in [6.45, 7) is 3.14. The molecule has 5 nitrogen and oxygen atoms in total. The minimum absolute atomic E-state index is 0.0624. The van der Waals surface area contributed by atoms with Crippen LogP contribution in [0.2, 0.25) is 0 Å². The Morgan fingerprint density at radius 2 is 1.88 bits per heavy atom. The van der Waals surface area contributed by atoms with Gasteiger partial charge in [0.25, 0.3) is 0 Å². The van der Waals surface area contributed by atoms with Gasteiger partial charge in [-0.3, -0.25) is 4.72 Å². The molecular formula is C11H18N2O3S. The van der Waals surface area contributed by atoms with Gasteiger partial charge in [0.1, 0.15) is 5.75 Å². The predicted molar refractivity (Wildman–Crippen MR) is 68.9 cm³/mol. The molecule has 0 radical (unpaired) electrons. The lowest BCUT2D eigenvalue weighted by molar-refractivity contribution is 0.415. The number of nitrogens with one attached hydrogen (secondary N) is 2. The van der Waals surface area contributed by atoms with E-state index < -0.39 is 10.0 Å². The van der Waals surface area contributed by atoms with Crippen LogP contribution >= 0.6 is 0 Å². The van der Waals surface area contributed by atoms with Gasteiger partial charge in [-0.15, -0.1) is 0 Å². The molecule has 0 amide bonds. The third kappa shape index (κ3) is 5.06. The number of hydrogen-bond acceptors (Lipinski definition) is 4. The second-order valence-corrected chi connectivity index (χ2v) is 5.34. The summed E-state index contributed by atoms with van der Waals surface area (Å²) in [5, 5.41) is 2.97. The van der Waals surface area contributed by atoms with E-state index in [4.69, 9.17) is 4.74 Å². The molecule has 0 aromatic heterocycles. The van der Waals surface area contributed by atoms with Crippen molar-refractivity contribution in [3.05, 3.63) is 24.3 Å². The van der Waals surface area contributed by atoms with Crippen molar-refractivity contribution >= 4 is 15.7 Å². The summed E-state index contributed by atoms with van der Waals surface area (Å²) in [6.07, 6.45) is 0. The van der Waals surface area contributed by atoms with E-state index in [0.717, 1.165) is 6.54 Å². The lowest BCUT2D eigenvalue weighted by atomic mass is 10.3. The van der Waals surface area contributed by atoms with Crippen LogP contribution in [0.5, 0.6) is 5.75 Å². The van der Waals surface area contributed by atoms with Gasteiger partial charge < -0.3 is 10.1 Å². The van der Waals surface area contributed by atoms with Crippen molar-refractivity contribution < 1.29 is 13.2 Å². The lowest BCUT2D eigenvalue weighted by Crippen LogP contribution is -2.26. The van der Waals surface area contributed by atoms with Crippen molar-refractivity contribution in [2.75, 3.05) is 30.7 Å². The molecule has 0 bridgehead atoms. The number of ether oxygens (including phenoxy) is 1. The highest BCUT2D eigenvalue weighted by molar-refractivity contribution is 7.92. The van der Waals surface area contributed by atoms with Gasteiger partial charge in [-0.05, 0) is 30.8 Å². The standard InChI is InChI=1S/C11H18N2O3S/c1-3-12-8-9-17(14,15)13-10-4-6-11(16-2)7-5-10/h4-7,12-13H,3,8-9H2,1-2H3. The van der Waals surface area contributed by atoms with Gasteiger partial charge in [0.2, 0.25) is 10.0 Å². The number of methoxy groups -OCH3 is 1. The van der Waals surface area contributed by atoms with E-state index in [2.05, 4.69) is 10.0 Å². The Hall–Kier alpha value is -1.27. The van der Waals surface area contributed by atoms with Crippen molar-refractivity contribution in [2.45, 2.75) is 6.92 Å². The van der Waals surface area contributed by atoms with Crippen LogP contribution in [0.15, 0.2) is 24.3 Å². The maximum absolute atomic E-state index is 11.6. The van der Waals surface area contributed by atoms with E-state index in [1.165, 1.54) is 0 Å². The molecular weight excluding hydrogens is 240 g/mol. The lowest BCUT2D eigenvalue weighted by Gasteiger charge is -2.08. The summed E-state index contributed by atoms with van der Waals surface area (Å²) in [5.41, 5.74) is 0.544. The first-order chi connectivity index (χ1) is 8.07. The highest BCUT2D eigenvalue weighted by atomic mass is 32.2. The molecule has 1 rings (SSSR count). The summed E-state index contributed by atoms with van der Waals surface area (Å²) in [5.74, 6) is 0.757. The first-order valence-electron chi connectivity index (χ1n) is 5.42. The molecule has 2 N–H and O–H groups in total. The molecule has 0 saturated heterocycles. The van der Waals surface area contributed by atoms with Crippen molar-refractivity contribution in [3.8, 4) is 5.75 Å². The van der Waals surface area contributed by atoms with Gasteiger partial charge >= 0.3 is 0 Å². The van der Waals surface area contributed by atoms with Crippen LogP contribution in [0.3, 0.4) is 0 Å². The normalized spacial score (nSPS) is 11.2. The molecule has 0 heterocycles. The van der Waals surface area contributed by atoms with Crippen LogP contribution < -0.4 is 14.8 Å². The maximum atomic E-state index is 11.6. The highest BCUT2D eigenvalue weighted by Crippen LogP contribution is 2.15. The summed E-state index contributed by atoms with van der Waals surface area (Å²) >= 11 is 0. The quantitative estimate of drug-likeness (QED) is 0.717. The average molecular weight is 258 g/mol. The Kier molecular flexibility index (Phi) is 5.24. The molecule has 1 aromatic rings. The molecule has 0 aliphatic heterocycles. The average Bonchev–Trinajstić information content (AvgIpc) is 2.30. The number of rotatable bonds is 7. The number of anilines is 1. The van der Waals surface area contributed by atoms with Crippen LogP contribution in [-0.4, -0.2) is 34.4 Å². The summed E-state index contributed by atoms with van der Waals surface area (Å²) < 4.78 is 30.8. The number of benzene rings is 1. The fourth-order valence-corrected chi connectivity index (χ4v) is 2.28. The topological polar surface area (TPSA) is 67.4 Å². The predicted octanol–water partition coefficient (Wildman–Crippen LogP) is 1.05. The van der Waals surface area contributed by atoms with E-state index in [1.54, 1.807) is 31.4 Å². The molecule has 0 unspecified atom stereocenters. The smallest absolute Gasteiger partial charge is 0.233 e. The van der Waals surface area contributed by atoms with Gasteiger partial charge in [-0.1, -0.05) is 6.92 Å². The summed E-state index contributed by atoms with van der Waals surface area (Å²) in [6, 6.07) is 6.76. The Bertz CT molecular complexity index is 429. The van der Waals surface area contributed by atoms with Crippen LogP contribution in [0, 0.1) is 0 Å². The third-order valence-electron chi connectivity index (χ3n) is 2.16. The molecule has 0 spiro atoms. The van der Waals surface area contributed by atoms with Crippen molar-refractivity contribution in [1.29, 1.82) is 0 Å². The maximum Gasteiger partial charge on any atom is 0.233 e. The molecule has 0 atom stereocenters. The van der Waals surface area contributed by atoms with Crippen molar-refractivity contribution in [1.82, 2.24) is 5.32 Å². The molecule has 0 aliphatic rings. The molecule has 96 valence electrons. The molecule has 6 heteroatoms. The fraction of sp³-hybridized carbons (Fsp3) is 0.455. The van der Waals surface area contributed by atoms with Gasteiger partial charge in [-0.25, -0.2) is 8.42 Å². The zero-order chi connectivity index (χ0) is 12.7. The molecule has 17 heavy (non-hydrogen) atoms. The second-order valence-electron chi connectivity index (χ2n) is 3.50. The van der Waals surface area contributed by atoms with Gasteiger partial charge in [-0.2, -0.15) is 0 Å². The van der Waals surface area contributed by atoms with Crippen LogP contribution in [-0.2, 0) is 10.0 Å². The van der Waals surface area contributed by atoms with Crippen LogP contribution in [0.4, 0.5) is 5.69 Å². The van der Waals surface area contributed by atoms with E-state index in [0.29, 0.717) is 18.0 Å². The monoisotopic (exact) mass is 258 g/mol. The van der Waals surface area contributed by atoms with E-state index in [-0.39, 0.29) is 5.75 Å². The fourth-order valence-electron chi connectivity index (χ4n) is 1.27. The number of hydrogen-bond donors (Lipinski definition) is 2. The molecule has 0 fully saturated rings. The molecule has 0 saturated carbocycles. The van der Waals surface area contributed by atoms with Crippen LogP contribution in [0.1, 0.15) is 6.92 Å². The van der Waals surface area contributed by atoms with E-state index in [9.17, 15) is 8.42 Å². The molecule has 0 aliphatic carbocycles. The number of sulfonamides is 1. The van der Waals surface area contributed by atoms with Crippen molar-refractivity contribution in [3.63, 3.8) is 0 Å². The van der Waals surface area contributed by atoms with Gasteiger partial charge in [0, 0.05) is 12.2 Å². The van der Waals surface area contributed by atoms with Gasteiger partial charge in [0.15, 0.2) is 0 Å². The summed E-state index contributed by atoms with van der Waals surface area (Å²) in [7, 11) is -1.71. The Balaban J connectivity index is 2.56. The van der Waals surface area contributed by atoms with Crippen molar-refractivity contribution in [2.24, 2.45) is 0 Å². The zero-order valence-electron chi connectivity index (χ0n) is 10.1. The second kappa shape index (κ2) is 6.46. The largest absolute Gasteiger partial charge is 0.497 e. The minimum Gasteiger partial charge on any atom is -0.497 e. The van der Waals surface area contributed by atoms with E-state index >= 15 is 0 Å².